The number of benzene rings is 2. The Morgan fingerprint density at radius 3 is 2.41 bits per heavy atom. The summed E-state index contributed by atoms with van der Waals surface area (Å²) in [6.45, 7) is 0.704. The fourth-order valence-corrected chi connectivity index (χ4v) is 1.99. The Morgan fingerprint density at radius 1 is 1.06 bits per heavy atom. The van der Waals surface area contributed by atoms with Gasteiger partial charge in [-0.15, -0.1) is 0 Å². The zero-order valence-electron chi connectivity index (χ0n) is 9.73. The van der Waals surface area contributed by atoms with Crippen LogP contribution in [-0.2, 0) is 6.54 Å². The number of hydrogen-bond donors (Lipinski definition) is 1. The molecule has 0 spiro atoms. The summed E-state index contributed by atoms with van der Waals surface area (Å²) in [5.41, 5.74) is 8.79. The smallest absolute Gasteiger partial charge is 0.0476 e. The highest BCUT2D eigenvalue weighted by molar-refractivity contribution is 6.31. The lowest BCUT2D eigenvalue weighted by molar-refractivity contribution is 0.926. The number of nitrogens with zero attached hydrogens (tertiary/aromatic N) is 1. The molecule has 0 aliphatic heterocycles. The van der Waals surface area contributed by atoms with E-state index >= 15 is 0 Å². The summed E-state index contributed by atoms with van der Waals surface area (Å²) in [4.78, 5) is 2.12. The number of hydrogen-bond acceptors (Lipinski definition) is 2. The first-order valence-electron chi connectivity index (χ1n) is 5.47. The van der Waals surface area contributed by atoms with Crippen LogP contribution >= 0.6 is 11.6 Å². The molecular formula is C14H15ClN2. The lowest BCUT2D eigenvalue weighted by atomic mass is 10.1. The Hall–Kier alpha value is -1.67. The van der Waals surface area contributed by atoms with Crippen LogP contribution in [0.15, 0.2) is 48.5 Å². The second kappa shape index (κ2) is 5.11. The molecule has 2 N–H and O–H groups in total. The Kier molecular flexibility index (Phi) is 3.55. The van der Waals surface area contributed by atoms with Gasteiger partial charge in [0, 0.05) is 35.6 Å². The van der Waals surface area contributed by atoms with Gasteiger partial charge >= 0.3 is 0 Å². The molecule has 0 saturated heterocycles. The van der Waals surface area contributed by atoms with Crippen molar-refractivity contribution in [2.24, 2.45) is 0 Å². The van der Waals surface area contributed by atoms with Crippen molar-refractivity contribution in [1.82, 2.24) is 0 Å². The molecule has 0 amide bonds. The Morgan fingerprint density at radius 2 is 1.76 bits per heavy atom. The first kappa shape index (κ1) is 11.8. The van der Waals surface area contributed by atoms with Gasteiger partial charge in [0.15, 0.2) is 0 Å². The van der Waals surface area contributed by atoms with Crippen LogP contribution in [0.4, 0.5) is 11.4 Å². The van der Waals surface area contributed by atoms with Gasteiger partial charge in [-0.25, -0.2) is 0 Å². The van der Waals surface area contributed by atoms with Crippen molar-refractivity contribution in [2.45, 2.75) is 6.54 Å². The van der Waals surface area contributed by atoms with Crippen molar-refractivity contribution >= 4 is 23.0 Å². The predicted octanol–water partition coefficient (Wildman–Crippen LogP) is 3.56. The van der Waals surface area contributed by atoms with Gasteiger partial charge in [-0.2, -0.15) is 0 Å². The summed E-state index contributed by atoms with van der Waals surface area (Å²) >= 11 is 6.15. The van der Waals surface area contributed by atoms with E-state index in [4.69, 9.17) is 17.3 Å². The molecule has 17 heavy (non-hydrogen) atoms. The minimum absolute atomic E-state index is 0.704. The topological polar surface area (TPSA) is 29.3 Å². The molecule has 0 aromatic heterocycles. The second-order valence-electron chi connectivity index (χ2n) is 4.00. The summed E-state index contributed by atoms with van der Waals surface area (Å²) in [6, 6.07) is 15.8. The van der Waals surface area contributed by atoms with Gasteiger partial charge in [0.05, 0.1) is 0 Å². The van der Waals surface area contributed by atoms with E-state index in [-0.39, 0.29) is 0 Å². The zero-order valence-corrected chi connectivity index (χ0v) is 10.5. The molecule has 3 heteroatoms. The fourth-order valence-electron chi connectivity index (χ4n) is 1.75. The van der Waals surface area contributed by atoms with Crippen LogP contribution in [0, 0.1) is 0 Å². The van der Waals surface area contributed by atoms with Gasteiger partial charge < -0.3 is 10.6 Å². The number of halogens is 1. The molecule has 0 unspecified atom stereocenters. The molecule has 2 aromatic rings. The fraction of sp³-hybridized carbons (Fsp3) is 0.143. The van der Waals surface area contributed by atoms with Crippen molar-refractivity contribution < 1.29 is 0 Å². The molecule has 0 atom stereocenters. The lowest BCUT2D eigenvalue weighted by Crippen LogP contribution is -2.17. The average Bonchev–Trinajstić information content (AvgIpc) is 2.35. The number of nitrogen functional groups attached to an aromatic ring is 1. The third-order valence-electron chi connectivity index (χ3n) is 2.75. The average molecular weight is 247 g/mol. The summed E-state index contributed by atoms with van der Waals surface area (Å²) in [5.74, 6) is 0. The quantitative estimate of drug-likeness (QED) is 0.840. The van der Waals surface area contributed by atoms with Crippen molar-refractivity contribution in [1.29, 1.82) is 0 Å². The van der Waals surface area contributed by atoms with Crippen LogP contribution in [0.1, 0.15) is 5.56 Å². The summed E-state index contributed by atoms with van der Waals surface area (Å²) < 4.78 is 0. The molecule has 0 fully saturated rings. The molecule has 0 heterocycles. The Labute approximate surface area is 107 Å². The van der Waals surface area contributed by atoms with Crippen LogP contribution in [0.2, 0.25) is 5.02 Å². The Balaban J connectivity index is 2.22. The molecule has 0 bridgehead atoms. The third kappa shape index (κ3) is 2.71. The minimum atomic E-state index is 0.704. The van der Waals surface area contributed by atoms with E-state index in [2.05, 4.69) is 17.0 Å². The van der Waals surface area contributed by atoms with Crippen LogP contribution in [-0.4, -0.2) is 7.05 Å². The van der Waals surface area contributed by atoms with Gasteiger partial charge in [-0.05, 0) is 24.3 Å². The Bertz CT molecular complexity index is 477. The van der Waals surface area contributed by atoms with Crippen molar-refractivity contribution in [3.63, 3.8) is 0 Å². The summed E-state index contributed by atoms with van der Waals surface area (Å²) in [6.07, 6.45) is 0. The largest absolute Gasteiger partial charge is 0.398 e. The van der Waals surface area contributed by atoms with E-state index in [1.54, 1.807) is 0 Å². The molecule has 0 radical (unpaired) electrons. The van der Waals surface area contributed by atoms with Gasteiger partial charge in [0.1, 0.15) is 0 Å². The standard InChI is InChI=1S/C14H15ClN2/c1-17(11-6-3-2-4-7-11)10-12-13(15)8-5-9-14(12)16/h2-9H,10,16H2,1H3. The number of rotatable bonds is 3. The molecule has 2 nitrogen and oxygen atoms in total. The third-order valence-corrected chi connectivity index (χ3v) is 3.10. The molecule has 0 aliphatic rings. The first-order chi connectivity index (χ1) is 8.18. The van der Waals surface area contributed by atoms with E-state index in [9.17, 15) is 0 Å². The van der Waals surface area contributed by atoms with E-state index in [1.165, 1.54) is 0 Å². The maximum absolute atomic E-state index is 6.15. The van der Waals surface area contributed by atoms with Crippen LogP contribution < -0.4 is 10.6 Å². The number of para-hydroxylation sites is 1. The number of anilines is 2. The molecule has 0 aliphatic carbocycles. The summed E-state index contributed by atoms with van der Waals surface area (Å²) in [5, 5.41) is 0.716. The summed E-state index contributed by atoms with van der Waals surface area (Å²) in [7, 11) is 2.03. The lowest BCUT2D eigenvalue weighted by Gasteiger charge is -2.21. The van der Waals surface area contributed by atoms with E-state index in [0.717, 1.165) is 16.9 Å². The van der Waals surface area contributed by atoms with Crippen LogP contribution in [0.5, 0.6) is 0 Å². The minimum Gasteiger partial charge on any atom is -0.398 e. The van der Waals surface area contributed by atoms with Gasteiger partial charge in [-0.1, -0.05) is 35.9 Å². The maximum Gasteiger partial charge on any atom is 0.0476 e. The zero-order chi connectivity index (χ0) is 12.3. The first-order valence-corrected chi connectivity index (χ1v) is 5.85. The van der Waals surface area contributed by atoms with Gasteiger partial charge in [0.25, 0.3) is 0 Å². The SMILES string of the molecule is CN(Cc1c(N)cccc1Cl)c1ccccc1. The van der Waals surface area contributed by atoms with Gasteiger partial charge in [-0.3, -0.25) is 0 Å². The monoisotopic (exact) mass is 246 g/mol. The van der Waals surface area contributed by atoms with E-state index in [1.807, 2.05) is 43.4 Å². The highest BCUT2D eigenvalue weighted by atomic mass is 35.5. The van der Waals surface area contributed by atoms with Crippen LogP contribution in [0.3, 0.4) is 0 Å². The van der Waals surface area contributed by atoms with Crippen LogP contribution in [0.25, 0.3) is 0 Å². The normalized spacial score (nSPS) is 10.2. The molecular weight excluding hydrogens is 232 g/mol. The molecule has 88 valence electrons. The van der Waals surface area contributed by atoms with Crippen molar-refractivity contribution in [3.05, 3.63) is 59.1 Å². The highest BCUT2D eigenvalue weighted by Gasteiger charge is 2.08. The predicted molar refractivity (Wildman–Crippen MR) is 74.4 cm³/mol. The molecule has 2 rings (SSSR count). The van der Waals surface area contributed by atoms with Crippen molar-refractivity contribution in [2.75, 3.05) is 17.7 Å². The molecule has 2 aromatic carbocycles. The number of nitrogens with two attached hydrogens (primary N) is 1. The van der Waals surface area contributed by atoms with Gasteiger partial charge in [0.2, 0.25) is 0 Å². The molecule has 0 saturated carbocycles. The second-order valence-corrected chi connectivity index (χ2v) is 4.41. The highest BCUT2D eigenvalue weighted by Crippen LogP contribution is 2.25. The van der Waals surface area contributed by atoms with E-state index < -0.39 is 0 Å². The van der Waals surface area contributed by atoms with E-state index in [0.29, 0.717) is 11.6 Å². The van der Waals surface area contributed by atoms with Crippen molar-refractivity contribution in [3.8, 4) is 0 Å². The maximum atomic E-state index is 6.15.